The number of ether oxygens (including phenoxy) is 2. The van der Waals surface area contributed by atoms with Crippen LogP contribution in [0.4, 0.5) is 9.18 Å². The van der Waals surface area contributed by atoms with Crippen LogP contribution < -0.4 is 0 Å². The maximum absolute atomic E-state index is 14.9. The Morgan fingerprint density at radius 3 is 2.33 bits per heavy atom. The number of hydrogen-bond donors (Lipinski definition) is 0. The average Bonchev–Trinajstić information content (AvgIpc) is 2.62. The summed E-state index contributed by atoms with van der Waals surface area (Å²) in [6.45, 7) is 10.6. The number of hydrogen-bond acceptors (Lipinski definition) is 5. The lowest BCUT2D eigenvalue weighted by molar-refractivity contribution is -0.147. The highest BCUT2D eigenvalue weighted by molar-refractivity contribution is 5.72. The van der Waals surface area contributed by atoms with Gasteiger partial charge in [0.2, 0.25) is 0 Å². The number of nitrogens with zero attached hydrogens (tertiary/aromatic N) is 2. The molecule has 3 rings (SSSR count). The van der Waals surface area contributed by atoms with E-state index >= 15 is 0 Å². The minimum absolute atomic E-state index is 0.0499. The van der Waals surface area contributed by atoms with E-state index < -0.39 is 5.60 Å². The molecule has 30 heavy (non-hydrogen) atoms. The van der Waals surface area contributed by atoms with Gasteiger partial charge in [-0.3, -0.25) is 9.69 Å². The second-order valence-electron chi connectivity index (χ2n) is 9.45. The number of aryl methyl sites for hydroxylation is 1. The predicted octanol–water partition coefficient (Wildman–Crippen LogP) is 3.85. The molecule has 0 radical (unpaired) electrons. The third kappa shape index (κ3) is 5.31. The van der Waals surface area contributed by atoms with Crippen molar-refractivity contribution >= 4 is 12.1 Å². The van der Waals surface area contributed by atoms with Gasteiger partial charge >= 0.3 is 12.1 Å². The van der Waals surface area contributed by atoms with E-state index in [0.29, 0.717) is 25.2 Å². The number of rotatable bonds is 4. The molecular weight excluding hydrogens is 387 g/mol. The molecule has 2 aliphatic rings. The van der Waals surface area contributed by atoms with Gasteiger partial charge in [-0.15, -0.1) is 0 Å². The van der Waals surface area contributed by atoms with Crippen molar-refractivity contribution < 1.29 is 23.5 Å². The zero-order chi connectivity index (χ0) is 22.1. The van der Waals surface area contributed by atoms with Crippen LogP contribution in [0.1, 0.15) is 56.2 Å². The molecular formula is C23H33FN2O4. The van der Waals surface area contributed by atoms with E-state index in [2.05, 4.69) is 4.90 Å². The first-order valence-electron chi connectivity index (χ1n) is 10.6. The number of amides is 1. The summed E-state index contributed by atoms with van der Waals surface area (Å²) in [7, 11) is 1.42. The highest BCUT2D eigenvalue weighted by Crippen LogP contribution is 2.31. The Balaban J connectivity index is 1.57. The maximum atomic E-state index is 14.9. The van der Waals surface area contributed by atoms with E-state index in [1.54, 1.807) is 11.0 Å². The lowest BCUT2D eigenvalue weighted by Gasteiger charge is -2.40. The van der Waals surface area contributed by atoms with Crippen molar-refractivity contribution in [3.63, 3.8) is 0 Å². The topological polar surface area (TPSA) is 59.1 Å². The Morgan fingerprint density at radius 1 is 1.17 bits per heavy atom. The molecule has 0 N–H and O–H groups in total. The number of carbonyl (C=O) groups is 2. The van der Waals surface area contributed by atoms with Gasteiger partial charge in [0.15, 0.2) is 0 Å². The maximum Gasteiger partial charge on any atom is 0.410 e. The van der Waals surface area contributed by atoms with Crippen molar-refractivity contribution in [1.82, 2.24) is 9.80 Å². The lowest BCUT2D eigenvalue weighted by atomic mass is 9.89. The van der Waals surface area contributed by atoms with Crippen LogP contribution in [0.25, 0.3) is 0 Å². The number of carbonyl (C=O) groups excluding carboxylic acids is 2. The van der Waals surface area contributed by atoms with Crippen LogP contribution in [0.15, 0.2) is 12.1 Å². The number of benzene rings is 1. The molecule has 2 aliphatic heterocycles. The summed E-state index contributed by atoms with van der Waals surface area (Å²) in [6, 6.07) is 3.65. The predicted molar refractivity (Wildman–Crippen MR) is 112 cm³/mol. The Morgan fingerprint density at radius 2 is 1.80 bits per heavy atom. The van der Waals surface area contributed by atoms with Crippen molar-refractivity contribution in [3.8, 4) is 0 Å². The van der Waals surface area contributed by atoms with Gasteiger partial charge in [-0.1, -0.05) is 6.07 Å². The molecule has 6 nitrogen and oxygen atoms in total. The molecule has 0 spiro atoms. The van der Waals surface area contributed by atoms with Crippen molar-refractivity contribution in [3.05, 3.63) is 34.6 Å². The molecule has 1 amide bonds. The molecule has 0 unspecified atom stereocenters. The third-order valence-corrected chi connectivity index (χ3v) is 5.95. The molecule has 1 aromatic rings. The average molecular weight is 421 g/mol. The van der Waals surface area contributed by atoms with Crippen LogP contribution >= 0.6 is 0 Å². The van der Waals surface area contributed by atoms with Crippen LogP contribution in [-0.4, -0.2) is 60.8 Å². The number of halogens is 1. The van der Waals surface area contributed by atoms with E-state index in [4.69, 9.17) is 9.47 Å². The quantitative estimate of drug-likeness (QED) is 0.693. The monoisotopic (exact) mass is 420 g/mol. The van der Waals surface area contributed by atoms with E-state index in [-0.39, 0.29) is 29.7 Å². The number of methoxy groups -OCH3 is 1. The Bertz CT molecular complexity index is 768. The zero-order valence-corrected chi connectivity index (χ0v) is 18.7. The van der Waals surface area contributed by atoms with Crippen LogP contribution in [0.5, 0.6) is 0 Å². The second-order valence-corrected chi connectivity index (χ2v) is 9.45. The van der Waals surface area contributed by atoms with Crippen LogP contribution in [0.2, 0.25) is 0 Å². The van der Waals surface area contributed by atoms with Gasteiger partial charge in [0.1, 0.15) is 11.4 Å². The normalized spacial score (nSPS) is 18.8. The highest BCUT2D eigenvalue weighted by Gasteiger charge is 2.35. The summed E-state index contributed by atoms with van der Waals surface area (Å²) in [6.07, 6.45) is 1.17. The van der Waals surface area contributed by atoms with Crippen LogP contribution in [-0.2, 0) is 20.8 Å². The first-order valence-corrected chi connectivity index (χ1v) is 10.6. The summed E-state index contributed by atoms with van der Waals surface area (Å²) >= 11 is 0. The number of likely N-dealkylation sites (tertiary alicyclic amines) is 2. The lowest BCUT2D eigenvalue weighted by Crippen LogP contribution is -2.50. The minimum Gasteiger partial charge on any atom is -0.469 e. The summed E-state index contributed by atoms with van der Waals surface area (Å²) < 4.78 is 25.1. The van der Waals surface area contributed by atoms with Gasteiger partial charge in [0, 0.05) is 31.1 Å². The molecule has 2 heterocycles. The second kappa shape index (κ2) is 8.92. The summed E-state index contributed by atoms with van der Waals surface area (Å²) in [4.78, 5) is 27.6. The fourth-order valence-electron chi connectivity index (χ4n) is 4.12. The van der Waals surface area contributed by atoms with E-state index in [1.165, 1.54) is 7.11 Å². The van der Waals surface area contributed by atoms with Gasteiger partial charge in [-0.2, -0.15) is 0 Å². The van der Waals surface area contributed by atoms with E-state index in [1.807, 2.05) is 33.8 Å². The molecule has 0 bridgehead atoms. The molecule has 2 saturated heterocycles. The van der Waals surface area contributed by atoms with Gasteiger partial charge in [0.05, 0.1) is 13.0 Å². The van der Waals surface area contributed by atoms with Crippen LogP contribution in [0.3, 0.4) is 0 Å². The van der Waals surface area contributed by atoms with E-state index in [0.717, 1.165) is 37.1 Å². The Labute approximate surface area is 178 Å². The molecule has 7 heteroatoms. The van der Waals surface area contributed by atoms with Crippen molar-refractivity contribution in [1.29, 1.82) is 0 Å². The molecule has 0 aliphatic carbocycles. The van der Waals surface area contributed by atoms with Crippen molar-refractivity contribution in [2.45, 2.75) is 58.6 Å². The number of esters is 1. The molecule has 0 saturated carbocycles. The SMILES string of the molecule is COC(=O)C1CCN(Cc2c(C)cc(C3CN(C(=O)OC(C)(C)C)C3)cc2F)CC1. The minimum atomic E-state index is -0.516. The first-order chi connectivity index (χ1) is 14.1. The molecule has 2 fully saturated rings. The fraction of sp³-hybridized carbons (Fsp3) is 0.652. The number of piperidine rings is 1. The fourth-order valence-corrected chi connectivity index (χ4v) is 4.12. The van der Waals surface area contributed by atoms with Crippen LogP contribution in [0, 0.1) is 18.7 Å². The third-order valence-electron chi connectivity index (χ3n) is 5.95. The molecule has 166 valence electrons. The van der Waals surface area contributed by atoms with E-state index in [9.17, 15) is 14.0 Å². The van der Waals surface area contributed by atoms with Crippen molar-refractivity contribution in [2.24, 2.45) is 5.92 Å². The highest BCUT2D eigenvalue weighted by atomic mass is 19.1. The van der Waals surface area contributed by atoms with Gasteiger partial charge in [-0.05, 0) is 70.8 Å². The molecule has 1 aromatic carbocycles. The standard InChI is InChI=1S/C23H33FN2O4/c1-15-10-17(18-12-26(13-18)22(28)30-23(2,3)4)11-20(24)19(15)14-25-8-6-16(7-9-25)21(27)29-5/h10-11,16,18H,6-9,12-14H2,1-5H3. The largest absolute Gasteiger partial charge is 0.469 e. The Hall–Kier alpha value is -2.15. The summed E-state index contributed by atoms with van der Waals surface area (Å²) in [5.74, 6) is -0.264. The zero-order valence-electron chi connectivity index (χ0n) is 18.7. The summed E-state index contributed by atoms with van der Waals surface area (Å²) in [5.41, 5.74) is 2.05. The van der Waals surface area contributed by atoms with Crippen molar-refractivity contribution in [2.75, 3.05) is 33.3 Å². The van der Waals surface area contributed by atoms with Gasteiger partial charge in [0.25, 0.3) is 0 Å². The van der Waals surface area contributed by atoms with Gasteiger partial charge < -0.3 is 14.4 Å². The Kier molecular flexibility index (Phi) is 6.70. The van der Waals surface area contributed by atoms with Gasteiger partial charge in [-0.25, -0.2) is 9.18 Å². The molecule has 0 aromatic heterocycles. The molecule has 0 atom stereocenters. The smallest absolute Gasteiger partial charge is 0.410 e. The summed E-state index contributed by atoms with van der Waals surface area (Å²) in [5, 5.41) is 0. The first kappa shape index (κ1) is 22.5.